The van der Waals surface area contributed by atoms with Gasteiger partial charge in [-0.15, -0.1) is 0 Å². The summed E-state index contributed by atoms with van der Waals surface area (Å²) in [6, 6.07) is 14.9. The second kappa shape index (κ2) is 5.98. The molecule has 0 spiro atoms. The SMILES string of the molecule is Oc1ccccc1SCOc1ccc(Br)cc1. The van der Waals surface area contributed by atoms with Crippen molar-refractivity contribution < 1.29 is 9.84 Å². The molecule has 0 heterocycles. The minimum absolute atomic E-state index is 0.289. The highest BCUT2D eigenvalue weighted by molar-refractivity contribution is 9.10. The van der Waals surface area contributed by atoms with Crippen LogP contribution in [0, 0.1) is 0 Å². The first kappa shape index (κ1) is 12.3. The van der Waals surface area contributed by atoms with E-state index in [2.05, 4.69) is 15.9 Å². The van der Waals surface area contributed by atoms with Gasteiger partial charge in [0.15, 0.2) is 0 Å². The zero-order valence-electron chi connectivity index (χ0n) is 8.97. The fourth-order valence-electron chi connectivity index (χ4n) is 1.27. The first-order chi connectivity index (χ1) is 8.25. The van der Waals surface area contributed by atoms with Crippen molar-refractivity contribution in [1.82, 2.24) is 0 Å². The first-order valence-electron chi connectivity index (χ1n) is 5.05. The Morgan fingerprint density at radius 1 is 1.06 bits per heavy atom. The quantitative estimate of drug-likeness (QED) is 0.675. The van der Waals surface area contributed by atoms with E-state index in [1.54, 1.807) is 12.1 Å². The van der Waals surface area contributed by atoms with Crippen LogP contribution in [0.5, 0.6) is 11.5 Å². The van der Waals surface area contributed by atoms with Gasteiger partial charge in [-0.2, -0.15) is 0 Å². The Kier molecular flexibility index (Phi) is 4.34. The van der Waals surface area contributed by atoms with Gasteiger partial charge in [0, 0.05) is 4.47 Å². The number of rotatable bonds is 4. The van der Waals surface area contributed by atoms with Gasteiger partial charge < -0.3 is 9.84 Å². The molecule has 0 aromatic heterocycles. The van der Waals surface area contributed by atoms with E-state index in [1.165, 1.54) is 11.8 Å². The summed E-state index contributed by atoms with van der Waals surface area (Å²) in [5.74, 6) is 1.58. The maximum Gasteiger partial charge on any atom is 0.138 e. The molecule has 0 saturated carbocycles. The Hall–Kier alpha value is -1.13. The smallest absolute Gasteiger partial charge is 0.138 e. The third-order valence-electron chi connectivity index (χ3n) is 2.12. The monoisotopic (exact) mass is 310 g/mol. The standard InChI is InChI=1S/C13H11BrO2S/c14-10-5-7-11(8-6-10)16-9-17-13-4-2-1-3-12(13)15/h1-8,15H,9H2. The van der Waals surface area contributed by atoms with Crippen molar-refractivity contribution in [2.24, 2.45) is 0 Å². The Morgan fingerprint density at radius 3 is 2.47 bits per heavy atom. The molecule has 0 atom stereocenters. The predicted octanol–water partition coefficient (Wildman–Crippen LogP) is 4.28. The number of para-hydroxylation sites is 1. The van der Waals surface area contributed by atoms with E-state index in [9.17, 15) is 5.11 Å². The molecule has 0 saturated heterocycles. The van der Waals surface area contributed by atoms with E-state index >= 15 is 0 Å². The van der Waals surface area contributed by atoms with Crippen LogP contribution in [0.1, 0.15) is 0 Å². The maximum absolute atomic E-state index is 9.56. The van der Waals surface area contributed by atoms with Crippen LogP contribution in [0.15, 0.2) is 57.9 Å². The molecule has 2 nitrogen and oxygen atoms in total. The van der Waals surface area contributed by atoms with Gasteiger partial charge in [-0.3, -0.25) is 0 Å². The van der Waals surface area contributed by atoms with E-state index in [0.717, 1.165) is 15.1 Å². The van der Waals surface area contributed by atoms with Gasteiger partial charge in [0.05, 0.1) is 4.90 Å². The van der Waals surface area contributed by atoms with E-state index in [1.807, 2.05) is 36.4 Å². The number of hydrogen-bond donors (Lipinski definition) is 1. The molecule has 1 N–H and O–H groups in total. The molecule has 88 valence electrons. The van der Waals surface area contributed by atoms with Crippen molar-refractivity contribution in [3.8, 4) is 11.5 Å². The fourth-order valence-corrected chi connectivity index (χ4v) is 2.25. The lowest BCUT2D eigenvalue weighted by molar-refractivity contribution is 0.392. The second-order valence-electron chi connectivity index (χ2n) is 3.33. The summed E-state index contributed by atoms with van der Waals surface area (Å²) in [6.07, 6.45) is 0. The fraction of sp³-hybridized carbons (Fsp3) is 0.0769. The Morgan fingerprint density at radius 2 is 1.76 bits per heavy atom. The van der Waals surface area contributed by atoms with Gasteiger partial charge in [-0.05, 0) is 36.4 Å². The number of hydrogen-bond acceptors (Lipinski definition) is 3. The van der Waals surface area contributed by atoms with Crippen LogP contribution in [0.2, 0.25) is 0 Å². The lowest BCUT2D eigenvalue weighted by atomic mass is 10.3. The molecule has 0 fully saturated rings. The average molecular weight is 311 g/mol. The van der Waals surface area contributed by atoms with Gasteiger partial charge in [0.25, 0.3) is 0 Å². The normalized spacial score (nSPS) is 10.2. The topological polar surface area (TPSA) is 29.5 Å². The largest absolute Gasteiger partial charge is 0.507 e. The van der Waals surface area contributed by atoms with Gasteiger partial charge in [-0.25, -0.2) is 0 Å². The van der Waals surface area contributed by atoms with Crippen LogP contribution < -0.4 is 4.74 Å². The van der Waals surface area contributed by atoms with Crippen molar-refractivity contribution in [3.05, 3.63) is 53.0 Å². The predicted molar refractivity (Wildman–Crippen MR) is 73.6 cm³/mol. The van der Waals surface area contributed by atoms with Crippen LogP contribution in [-0.2, 0) is 0 Å². The summed E-state index contributed by atoms with van der Waals surface area (Å²) < 4.78 is 6.58. The van der Waals surface area contributed by atoms with Crippen LogP contribution in [-0.4, -0.2) is 11.0 Å². The third-order valence-corrected chi connectivity index (χ3v) is 3.54. The molecule has 0 amide bonds. The van der Waals surface area contributed by atoms with Crippen molar-refractivity contribution >= 4 is 27.7 Å². The summed E-state index contributed by atoms with van der Waals surface area (Å²) >= 11 is 4.83. The lowest BCUT2D eigenvalue weighted by Crippen LogP contribution is -1.92. The molecule has 0 unspecified atom stereocenters. The van der Waals surface area contributed by atoms with Gasteiger partial charge in [0.2, 0.25) is 0 Å². The highest BCUT2D eigenvalue weighted by atomic mass is 79.9. The molecule has 4 heteroatoms. The van der Waals surface area contributed by atoms with Crippen LogP contribution >= 0.6 is 27.7 Å². The number of halogens is 1. The molecular weight excluding hydrogens is 300 g/mol. The molecule has 2 aromatic rings. The Labute approximate surface area is 113 Å². The number of ether oxygens (including phenoxy) is 1. The molecule has 0 bridgehead atoms. The number of thioether (sulfide) groups is 1. The molecule has 2 aromatic carbocycles. The molecule has 0 aliphatic carbocycles. The molecule has 0 radical (unpaired) electrons. The highest BCUT2D eigenvalue weighted by Gasteiger charge is 2.00. The number of aromatic hydroxyl groups is 1. The molecule has 17 heavy (non-hydrogen) atoms. The summed E-state index contributed by atoms with van der Waals surface area (Å²) in [7, 11) is 0. The Balaban J connectivity index is 1.88. The zero-order valence-corrected chi connectivity index (χ0v) is 11.4. The second-order valence-corrected chi connectivity index (χ2v) is 5.21. The summed E-state index contributed by atoms with van der Waals surface area (Å²) in [5.41, 5.74) is 0. The summed E-state index contributed by atoms with van der Waals surface area (Å²) in [5, 5.41) is 9.56. The summed E-state index contributed by atoms with van der Waals surface area (Å²) in [4.78, 5) is 0.824. The zero-order chi connectivity index (χ0) is 12.1. The van der Waals surface area contributed by atoms with Crippen molar-refractivity contribution in [1.29, 1.82) is 0 Å². The number of benzene rings is 2. The first-order valence-corrected chi connectivity index (χ1v) is 6.83. The molecule has 0 aliphatic heterocycles. The van der Waals surface area contributed by atoms with E-state index in [0.29, 0.717) is 5.94 Å². The summed E-state index contributed by atoms with van der Waals surface area (Å²) in [6.45, 7) is 0. The third kappa shape index (κ3) is 3.68. The molecular formula is C13H11BrO2S. The van der Waals surface area contributed by atoms with Crippen LogP contribution in [0.4, 0.5) is 0 Å². The van der Waals surface area contributed by atoms with Gasteiger partial charge in [0.1, 0.15) is 17.4 Å². The van der Waals surface area contributed by atoms with E-state index < -0.39 is 0 Å². The van der Waals surface area contributed by atoms with Crippen LogP contribution in [0.25, 0.3) is 0 Å². The lowest BCUT2D eigenvalue weighted by Gasteiger charge is -2.06. The minimum Gasteiger partial charge on any atom is -0.507 e. The maximum atomic E-state index is 9.56. The number of phenolic OH excluding ortho intramolecular Hbond substituents is 1. The van der Waals surface area contributed by atoms with E-state index in [4.69, 9.17) is 4.74 Å². The number of phenols is 1. The van der Waals surface area contributed by atoms with Crippen molar-refractivity contribution in [3.63, 3.8) is 0 Å². The van der Waals surface area contributed by atoms with Crippen molar-refractivity contribution in [2.75, 3.05) is 5.94 Å². The average Bonchev–Trinajstić information content (AvgIpc) is 2.34. The molecule has 2 rings (SSSR count). The van der Waals surface area contributed by atoms with Crippen molar-refractivity contribution in [2.45, 2.75) is 4.90 Å². The highest BCUT2D eigenvalue weighted by Crippen LogP contribution is 2.28. The van der Waals surface area contributed by atoms with Crippen LogP contribution in [0.3, 0.4) is 0 Å². The minimum atomic E-state index is 0.289. The Bertz CT molecular complexity index is 485. The molecule has 0 aliphatic rings. The van der Waals surface area contributed by atoms with E-state index in [-0.39, 0.29) is 5.75 Å². The van der Waals surface area contributed by atoms with Gasteiger partial charge in [-0.1, -0.05) is 39.8 Å². The van der Waals surface area contributed by atoms with Gasteiger partial charge >= 0.3 is 0 Å².